The maximum Gasteiger partial charge on any atom is 0.214 e. The predicted octanol–water partition coefficient (Wildman–Crippen LogP) is -2.42. The third-order valence-corrected chi connectivity index (χ3v) is 3.65. The predicted molar refractivity (Wildman–Crippen MR) is 67.5 cm³/mol. The number of imidazole rings is 1. The van der Waals surface area contributed by atoms with Gasteiger partial charge in [-0.3, -0.25) is 0 Å². The summed E-state index contributed by atoms with van der Waals surface area (Å²) >= 11 is 0. The fourth-order valence-electron chi connectivity index (χ4n) is 2.47. The number of hydrogen-bond donors (Lipinski definition) is 5. The van der Waals surface area contributed by atoms with Crippen LogP contribution in [-0.4, -0.2) is 55.4 Å². The lowest BCUT2D eigenvalue weighted by atomic mass is 9.97. The molecule has 0 aliphatic carbocycles. The van der Waals surface area contributed by atoms with Gasteiger partial charge in [-0.05, 0) is 0 Å². The van der Waals surface area contributed by atoms with Crippen molar-refractivity contribution in [3.63, 3.8) is 0 Å². The van der Waals surface area contributed by atoms with Gasteiger partial charge in [0.15, 0.2) is 18.2 Å². The van der Waals surface area contributed by atoms with Crippen LogP contribution in [0.2, 0.25) is 0 Å². The third kappa shape index (κ3) is 1.86. The van der Waals surface area contributed by atoms with Crippen LogP contribution >= 0.6 is 0 Å². The molecule has 0 radical (unpaired) electrons. The summed E-state index contributed by atoms with van der Waals surface area (Å²) in [5.74, 6) is -0.0742. The fraction of sp³-hybridized carbons (Fsp3) is 0.545. The van der Waals surface area contributed by atoms with Crippen LogP contribution in [0.15, 0.2) is 11.3 Å². The number of halogens is 1. The zero-order valence-corrected chi connectivity index (χ0v) is 11.1. The Morgan fingerprint density at radius 2 is 2.32 bits per heavy atom. The highest BCUT2D eigenvalue weighted by Gasteiger charge is 2.57. The van der Waals surface area contributed by atoms with Crippen molar-refractivity contribution in [2.24, 2.45) is 10.8 Å². The van der Waals surface area contributed by atoms with Gasteiger partial charge < -0.3 is 31.1 Å². The Hall–Kier alpha value is -2.26. The van der Waals surface area contributed by atoms with Crippen LogP contribution in [0.3, 0.4) is 0 Å². The summed E-state index contributed by atoms with van der Waals surface area (Å²) in [7, 11) is 0. The summed E-state index contributed by atoms with van der Waals surface area (Å²) in [6.45, 7) is -0.877. The van der Waals surface area contributed by atoms with Crippen molar-refractivity contribution < 1.29 is 24.4 Å². The van der Waals surface area contributed by atoms with E-state index in [0.717, 1.165) is 4.68 Å². The lowest BCUT2D eigenvalue weighted by molar-refractivity contribution is -0.0750. The minimum atomic E-state index is -2.07. The zero-order valence-electron chi connectivity index (χ0n) is 11.1. The van der Waals surface area contributed by atoms with E-state index in [1.54, 1.807) is 6.07 Å². The summed E-state index contributed by atoms with van der Waals surface area (Å²) in [4.78, 5) is 3.89. The number of nitrogens with one attached hydrogen (secondary N) is 1. The zero-order chi connectivity index (χ0) is 16.1. The van der Waals surface area contributed by atoms with E-state index in [2.05, 4.69) is 15.4 Å². The second kappa shape index (κ2) is 4.89. The first-order valence-corrected chi connectivity index (χ1v) is 6.32. The van der Waals surface area contributed by atoms with Crippen molar-refractivity contribution in [3.8, 4) is 6.07 Å². The van der Waals surface area contributed by atoms with Crippen molar-refractivity contribution in [2.75, 3.05) is 6.61 Å². The van der Waals surface area contributed by atoms with E-state index in [-0.39, 0.29) is 17.5 Å². The quantitative estimate of drug-likeness (QED) is 0.403. The number of hydrogen-bond acceptors (Lipinski definition) is 9. The molecule has 3 heterocycles. The molecule has 10 nitrogen and oxygen atoms in total. The molecule has 0 aromatic carbocycles. The van der Waals surface area contributed by atoms with Gasteiger partial charge in [0.2, 0.25) is 11.6 Å². The first-order chi connectivity index (χ1) is 10.4. The minimum absolute atomic E-state index is 0.0490. The van der Waals surface area contributed by atoms with Gasteiger partial charge in [0.1, 0.15) is 18.3 Å². The SMILES string of the molecule is N#C[C@]1(CO)O[C@@H](c2cnc3n2N=C(N)NC3O)[C@H](F)[C@@H]1O. The van der Waals surface area contributed by atoms with Crippen LogP contribution in [-0.2, 0) is 4.74 Å². The molecule has 6 N–H and O–H groups in total. The summed E-state index contributed by atoms with van der Waals surface area (Å²) < 4.78 is 20.7. The van der Waals surface area contributed by atoms with E-state index in [9.17, 15) is 19.7 Å². The second-order valence-corrected chi connectivity index (χ2v) is 4.97. The van der Waals surface area contributed by atoms with Gasteiger partial charge >= 0.3 is 0 Å². The molecule has 1 unspecified atom stereocenters. The Labute approximate surface area is 123 Å². The normalized spacial score (nSPS) is 37.1. The molecular weight excluding hydrogens is 299 g/mol. The van der Waals surface area contributed by atoms with Crippen molar-refractivity contribution in [1.82, 2.24) is 15.0 Å². The molecule has 0 saturated carbocycles. The van der Waals surface area contributed by atoms with Gasteiger partial charge in [-0.1, -0.05) is 0 Å². The number of nitriles is 1. The summed E-state index contributed by atoms with van der Waals surface area (Å²) in [5, 5.41) is 44.2. The molecule has 3 rings (SSSR count). The van der Waals surface area contributed by atoms with E-state index < -0.39 is 36.8 Å². The minimum Gasteiger partial charge on any atom is -0.392 e. The van der Waals surface area contributed by atoms with E-state index in [1.807, 2.05) is 0 Å². The van der Waals surface area contributed by atoms with Gasteiger partial charge in [0.05, 0.1) is 18.5 Å². The lowest BCUT2D eigenvalue weighted by Crippen LogP contribution is -2.44. The largest absolute Gasteiger partial charge is 0.392 e. The molecule has 1 aromatic rings. The molecule has 2 aliphatic heterocycles. The van der Waals surface area contributed by atoms with Gasteiger partial charge in [0, 0.05) is 0 Å². The highest BCUT2D eigenvalue weighted by molar-refractivity contribution is 5.78. The Morgan fingerprint density at radius 1 is 1.59 bits per heavy atom. The number of aliphatic hydroxyl groups is 3. The first-order valence-electron chi connectivity index (χ1n) is 6.32. The maximum absolute atomic E-state index is 14.3. The standard InChI is InChI=1S/C11H13FN6O4/c12-5-6(22-11(2-13,3-19)7(5)20)4-1-15-8-9(21)16-10(14)17-18(4)8/h1,5-7,9,19-21H,3H2,(H3,14,16,17)/t5-,6-,7-,9?,11+/m0/s1. The van der Waals surface area contributed by atoms with Crippen LogP contribution in [0.5, 0.6) is 0 Å². The molecule has 5 atom stereocenters. The van der Waals surface area contributed by atoms with Gasteiger partial charge in [-0.2, -0.15) is 5.26 Å². The fourth-order valence-corrected chi connectivity index (χ4v) is 2.47. The van der Waals surface area contributed by atoms with Crippen LogP contribution in [0, 0.1) is 11.3 Å². The van der Waals surface area contributed by atoms with Crippen molar-refractivity contribution in [2.45, 2.75) is 30.2 Å². The number of nitrogens with zero attached hydrogens (tertiary/aromatic N) is 4. The monoisotopic (exact) mass is 312 g/mol. The van der Waals surface area contributed by atoms with Crippen molar-refractivity contribution in [3.05, 3.63) is 17.7 Å². The highest BCUT2D eigenvalue weighted by Crippen LogP contribution is 2.42. The molecule has 11 heteroatoms. The molecule has 0 bridgehead atoms. The molecule has 0 spiro atoms. The lowest BCUT2D eigenvalue weighted by Gasteiger charge is -2.22. The molecule has 1 saturated heterocycles. The highest BCUT2D eigenvalue weighted by atomic mass is 19.1. The van der Waals surface area contributed by atoms with Gasteiger partial charge in [0.25, 0.3) is 0 Å². The van der Waals surface area contributed by atoms with Crippen LogP contribution in [0.1, 0.15) is 23.9 Å². The van der Waals surface area contributed by atoms with Gasteiger partial charge in [-0.25, -0.2) is 14.1 Å². The average molecular weight is 312 g/mol. The molecule has 0 amide bonds. The number of aromatic nitrogens is 2. The average Bonchev–Trinajstić information content (AvgIpc) is 3.01. The topological polar surface area (TPSA) is 162 Å². The van der Waals surface area contributed by atoms with E-state index in [4.69, 9.17) is 15.7 Å². The van der Waals surface area contributed by atoms with Crippen LogP contribution < -0.4 is 11.1 Å². The number of rotatable bonds is 2. The molecular formula is C11H13FN6O4. The van der Waals surface area contributed by atoms with Crippen LogP contribution in [0.25, 0.3) is 0 Å². The number of alkyl halides is 1. The molecule has 2 aliphatic rings. The van der Waals surface area contributed by atoms with Crippen molar-refractivity contribution >= 4 is 5.96 Å². The Kier molecular flexibility index (Phi) is 3.26. The summed E-state index contributed by atoms with van der Waals surface area (Å²) in [6.07, 6.45) is -5.28. The molecule has 22 heavy (non-hydrogen) atoms. The Morgan fingerprint density at radius 3 is 2.91 bits per heavy atom. The Bertz CT molecular complexity index is 672. The number of guanidine groups is 1. The smallest absolute Gasteiger partial charge is 0.214 e. The molecule has 118 valence electrons. The van der Waals surface area contributed by atoms with Gasteiger partial charge in [-0.15, -0.1) is 5.10 Å². The number of ether oxygens (including phenoxy) is 1. The molecule has 1 aromatic heterocycles. The maximum atomic E-state index is 14.3. The summed E-state index contributed by atoms with van der Waals surface area (Å²) in [5.41, 5.74) is 3.47. The van der Waals surface area contributed by atoms with Crippen molar-refractivity contribution in [1.29, 1.82) is 5.26 Å². The summed E-state index contributed by atoms with van der Waals surface area (Å²) in [6, 6.07) is 1.58. The van der Waals surface area contributed by atoms with E-state index in [1.165, 1.54) is 6.20 Å². The van der Waals surface area contributed by atoms with E-state index in [0.29, 0.717) is 0 Å². The second-order valence-electron chi connectivity index (χ2n) is 4.97. The number of aliphatic hydroxyl groups excluding tert-OH is 3. The number of nitrogens with two attached hydrogens (primary N) is 1. The van der Waals surface area contributed by atoms with E-state index >= 15 is 0 Å². The number of fused-ring (bicyclic) bond motifs is 1. The third-order valence-electron chi connectivity index (χ3n) is 3.65. The first kappa shape index (κ1) is 14.7. The van der Waals surface area contributed by atoms with Crippen LogP contribution in [0.4, 0.5) is 4.39 Å². The Balaban J connectivity index is 2.03. The molecule has 1 fully saturated rings.